The molecule has 1 aliphatic rings. The smallest absolute Gasteiger partial charge is 0.216 e. The molecule has 1 saturated heterocycles. The molecular weight excluding hydrogens is 278 g/mol. The van der Waals surface area contributed by atoms with Gasteiger partial charge in [0.05, 0.1) is 5.25 Å². The summed E-state index contributed by atoms with van der Waals surface area (Å²) < 4.78 is 31.5. The molecule has 0 N–H and O–H groups in total. The number of aromatic nitrogens is 2. The molecule has 0 atom stereocenters. The largest absolute Gasteiger partial charge is 0.474 e. The lowest BCUT2D eigenvalue weighted by molar-refractivity contribution is 0.129. The van der Waals surface area contributed by atoms with Crippen molar-refractivity contribution in [3.05, 3.63) is 18.1 Å². The van der Waals surface area contributed by atoms with E-state index < -0.39 is 10.0 Å². The maximum Gasteiger partial charge on any atom is 0.216 e. The van der Waals surface area contributed by atoms with Crippen molar-refractivity contribution in [3.8, 4) is 5.88 Å². The zero-order valence-electron chi connectivity index (χ0n) is 12.1. The summed E-state index contributed by atoms with van der Waals surface area (Å²) in [6.07, 6.45) is 3.06. The SMILES string of the molecule is Cc1nccc(OC2CCN(S(=O)(=O)C(C)C)CC2)n1. The maximum absolute atomic E-state index is 12.1. The highest BCUT2D eigenvalue weighted by Gasteiger charge is 2.30. The second-order valence-corrected chi connectivity index (χ2v) is 7.74. The first-order chi connectivity index (χ1) is 9.39. The standard InChI is InChI=1S/C13H21N3O3S/c1-10(2)20(17,18)16-8-5-12(6-9-16)19-13-4-7-14-11(3)15-13/h4,7,10,12H,5-6,8-9H2,1-3H3. The first-order valence-corrected chi connectivity index (χ1v) is 8.35. The molecule has 0 spiro atoms. The van der Waals surface area contributed by atoms with Gasteiger partial charge in [-0.3, -0.25) is 0 Å². The molecule has 2 heterocycles. The van der Waals surface area contributed by atoms with E-state index in [2.05, 4.69) is 9.97 Å². The minimum atomic E-state index is -3.15. The molecule has 1 fully saturated rings. The third-order valence-corrected chi connectivity index (χ3v) is 5.67. The lowest BCUT2D eigenvalue weighted by atomic mass is 10.1. The molecule has 1 aliphatic heterocycles. The van der Waals surface area contributed by atoms with Crippen LogP contribution in [0.3, 0.4) is 0 Å². The third-order valence-electron chi connectivity index (χ3n) is 3.39. The Bertz CT molecular complexity index is 552. The molecule has 0 unspecified atom stereocenters. The molecule has 1 aromatic heterocycles. The summed E-state index contributed by atoms with van der Waals surface area (Å²) in [6, 6.07) is 1.73. The summed E-state index contributed by atoms with van der Waals surface area (Å²) in [5.41, 5.74) is 0. The molecule has 0 aliphatic carbocycles. The van der Waals surface area contributed by atoms with Gasteiger partial charge in [0.15, 0.2) is 0 Å². The van der Waals surface area contributed by atoms with Crippen molar-refractivity contribution in [1.82, 2.24) is 14.3 Å². The van der Waals surface area contributed by atoms with Crippen LogP contribution in [-0.2, 0) is 10.0 Å². The van der Waals surface area contributed by atoms with Gasteiger partial charge in [-0.2, -0.15) is 4.98 Å². The third kappa shape index (κ3) is 3.46. The summed E-state index contributed by atoms with van der Waals surface area (Å²) in [6.45, 7) is 6.25. The van der Waals surface area contributed by atoms with Crippen LogP contribution >= 0.6 is 0 Å². The Morgan fingerprint density at radius 3 is 2.55 bits per heavy atom. The maximum atomic E-state index is 12.1. The fraction of sp³-hybridized carbons (Fsp3) is 0.692. The topological polar surface area (TPSA) is 72.4 Å². The van der Waals surface area contributed by atoms with E-state index in [-0.39, 0.29) is 11.4 Å². The zero-order valence-corrected chi connectivity index (χ0v) is 12.9. The monoisotopic (exact) mass is 299 g/mol. The van der Waals surface area contributed by atoms with E-state index in [0.29, 0.717) is 37.6 Å². The van der Waals surface area contributed by atoms with Gasteiger partial charge >= 0.3 is 0 Å². The average Bonchev–Trinajstić information content (AvgIpc) is 2.39. The lowest BCUT2D eigenvalue weighted by Crippen LogP contribution is -2.44. The summed E-state index contributed by atoms with van der Waals surface area (Å²) in [5.74, 6) is 1.23. The van der Waals surface area contributed by atoms with Crippen LogP contribution in [0.15, 0.2) is 12.3 Å². The molecule has 6 nitrogen and oxygen atoms in total. The Hall–Kier alpha value is -1.21. The minimum absolute atomic E-state index is 0.0166. The van der Waals surface area contributed by atoms with Crippen LogP contribution in [0.1, 0.15) is 32.5 Å². The minimum Gasteiger partial charge on any atom is -0.474 e. The van der Waals surface area contributed by atoms with Crippen LogP contribution < -0.4 is 4.74 Å². The van der Waals surface area contributed by atoms with Crippen molar-refractivity contribution in [2.24, 2.45) is 0 Å². The predicted octanol–water partition coefficient (Wildman–Crippen LogP) is 1.37. The van der Waals surface area contributed by atoms with Gasteiger partial charge in [0.25, 0.3) is 0 Å². The molecule has 20 heavy (non-hydrogen) atoms. The number of sulfonamides is 1. The fourth-order valence-corrected chi connectivity index (χ4v) is 3.49. The van der Waals surface area contributed by atoms with E-state index in [9.17, 15) is 8.42 Å². The molecular formula is C13H21N3O3S. The molecule has 0 amide bonds. The number of hydrogen-bond acceptors (Lipinski definition) is 5. The van der Waals surface area contributed by atoms with E-state index in [1.165, 1.54) is 0 Å². The van der Waals surface area contributed by atoms with Gasteiger partial charge in [0, 0.05) is 25.4 Å². The summed E-state index contributed by atoms with van der Waals surface area (Å²) in [5, 5.41) is -0.371. The van der Waals surface area contributed by atoms with Crippen LogP contribution in [0.2, 0.25) is 0 Å². The van der Waals surface area contributed by atoms with E-state index in [1.807, 2.05) is 6.92 Å². The van der Waals surface area contributed by atoms with Crippen LogP contribution in [0.4, 0.5) is 0 Å². The first kappa shape index (κ1) is 15.2. The highest BCUT2D eigenvalue weighted by atomic mass is 32.2. The predicted molar refractivity (Wildman–Crippen MR) is 76.0 cm³/mol. The highest BCUT2D eigenvalue weighted by molar-refractivity contribution is 7.89. The number of hydrogen-bond donors (Lipinski definition) is 0. The van der Waals surface area contributed by atoms with Crippen LogP contribution in [0, 0.1) is 6.92 Å². The molecule has 0 aromatic carbocycles. The Morgan fingerprint density at radius 1 is 1.35 bits per heavy atom. The van der Waals surface area contributed by atoms with Gasteiger partial charge in [-0.05, 0) is 33.6 Å². The normalized spacial score (nSPS) is 18.4. The number of ether oxygens (including phenoxy) is 1. The van der Waals surface area contributed by atoms with Gasteiger partial charge in [0.2, 0.25) is 15.9 Å². The molecule has 1 aromatic rings. The molecule has 0 bridgehead atoms. The highest BCUT2D eigenvalue weighted by Crippen LogP contribution is 2.20. The summed E-state index contributed by atoms with van der Waals surface area (Å²) in [4.78, 5) is 8.22. The summed E-state index contributed by atoms with van der Waals surface area (Å²) in [7, 11) is -3.15. The molecule has 0 radical (unpaired) electrons. The second-order valence-electron chi connectivity index (χ2n) is 5.25. The van der Waals surface area contributed by atoms with E-state index >= 15 is 0 Å². The lowest BCUT2D eigenvalue weighted by Gasteiger charge is -2.32. The van der Waals surface area contributed by atoms with Crippen molar-refractivity contribution in [2.45, 2.75) is 45.0 Å². The van der Waals surface area contributed by atoms with Gasteiger partial charge in [-0.25, -0.2) is 17.7 Å². The van der Waals surface area contributed by atoms with Crippen LogP contribution in [0.25, 0.3) is 0 Å². The molecule has 0 saturated carbocycles. The molecule has 2 rings (SSSR count). The van der Waals surface area contributed by atoms with Crippen molar-refractivity contribution in [2.75, 3.05) is 13.1 Å². The van der Waals surface area contributed by atoms with Gasteiger partial charge in [-0.15, -0.1) is 0 Å². The van der Waals surface area contributed by atoms with Crippen molar-refractivity contribution in [1.29, 1.82) is 0 Å². The first-order valence-electron chi connectivity index (χ1n) is 6.85. The van der Waals surface area contributed by atoms with Crippen molar-refractivity contribution >= 4 is 10.0 Å². The number of piperidine rings is 1. The van der Waals surface area contributed by atoms with Gasteiger partial charge in [0.1, 0.15) is 11.9 Å². The van der Waals surface area contributed by atoms with Gasteiger partial charge < -0.3 is 4.74 Å². The second kappa shape index (κ2) is 6.05. The average molecular weight is 299 g/mol. The quantitative estimate of drug-likeness (QED) is 0.839. The Balaban J connectivity index is 1.92. The Kier molecular flexibility index (Phi) is 4.59. The van der Waals surface area contributed by atoms with Crippen LogP contribution in [-0.4, -0.2) is 47.1 Å². The summed E-state index contributed by atoms with van der Waals surface area (Å²) >= 11 is 0. The van der Waals surface area contributed by atoms with E-state index in [1.54, 1.807) is 30.4 Å². The Morgan fingerprint density at radius 2 is 2.00 bits per heavy atom. The zero-order chi connectivity index (χ0) is 14.8. The van der Waals surface area contributed by atoms with Crippen molar-refractivity contribution < 1.29 is 13.2 Å². The number of nitrogens with zero attached hydrogens (tertiary/aromatic N) is 3. The number of aryl methyl sites for hydroxylation is 1. The molecule has 112 valence electrons. The van der Waals surface area contributed by atoms with E-state index in [0.717, 1.165) is 0 Å². The fourth-order valence-electron chi connectivity index (χ4n) is 2.17. The van der Waals surface area contributed by atoms with E-state index in [4.69, 9.17) is 4.74 Å². The number of rotatable bonds is 4. The van der Waals surface area contributed by atoms with Crippen molar-refractivity contribution in [3.63, 3.8) is 0 Å². The molecule has 7 heteroatoms. The van der Waals surface area contributed by atoms with Crippen LogP contribution in [0.5, 0.6) is 5.88 Å². The Labute approximate surface area is 120 Å². The van der Waals surface area contributed by atoms with Gasteiger partial charge in [-0.1, -0.05) is 0 Å².